The summed E-state index contributed by atoms with van der Waals surface area (Å²) in [5.74, 6) is -0.863. The van der Waals surface area contributed by atoms with E-state index in [2.05, 4.69) is 19.6 Å². The molecule has 1 aliphatic heterocycles. The molecule has 14 heteroatoms. The number of hydrogen-bond acceptors (Lipinski definition) is 9. The lowest BCUT2D eigenvalue weighted by molar-refractivity contribution is -0.138. The van der Waals surface area contributed by atoms with Gasteiger partial charge in [-0.25, -0.2) is 9.59 Å². The Bertz CT molecular complexity index is 1580. The van der Waals surface area contributed by atoms with Crippen LogP contribution in [0.3, 0.4) is 0 Å². The summed E-state index contributed by atoms with van der Waals surface area (Å²) >= 11 is 0. The highest BCUT2D eigenvalue weighted by Crippen LogP contribution is 2.43. The van der Waals surface area contributed by atoms with Crippen LogP contribution in [0.1, 0.15) is 75.6 Å². The number of urea groups is 1. The predicted molar refractivity (Wildman–Crippen MR) is 188 cm³/mol. The average Bonchev–Trinajstić information content (AvgIpc) is 3.85. The van der Waals surface area contributed by atoms with Gasteiger partial charge in [-0.05, 0) is 56.6 Å². The van der Waals surface area contributed by atoms with Gasteiger partial charge < -0.3 is 20.9 Å². The highest BCUT2D eigenvalue weighted by molar-refractivity contribution is 6.76. The van der Waals surface area contributed by atoms with Crippen molar-refractivity contribution in [2.24, 2.45) is 16.9 Å². The van der Waals surface area contributed by atoms with Crippen molar-refractivity contribution in [1.82, 2.24) is 24.1 Å². The summed E-state index contributed by atoms with van der Waals surface area (Å²) in [6.45, 7) is 10.9. The lowest BCUT2D eigenvalue weighted by atomic mass is 9.72. The Balaban J connectivity index is 1.38. The fourth-order valence-corrected chi connectivity index (χ4v) is 7.47. The van der Waals surface area contributed by atoms with Crippen LogP contribution in [-0.4, -0.2) is 75.9 Å². The van der Waals surface area contributed by atoms with Gasteiger partial charge in [0.05, 0.1) is 13.2 Å². The second-order valence-corrected chi connectivity index (χ2v) is 20.8. The van der Waals surface area contributed by atoms with Crippen molar-refractivity contribution < 1.29 is 23.9 Å². The molecule has 0 radical (unpaired) electrons. The smallest absolute Gasteiger partial charge is 0.348 e. The lowest BCUT2D eigenvalue weighted by Crippen LogP contribution is -2.61. The zero-order valence-corrected chi connectivity index (χ0v) is 30.5. The fourth-order valence-electron chi connectivity index (χ4n) is 6.71. The number of rotatable bonds is 16. The van der Waals surface area contributed by atoms with Crippen LogP contribution < -0.4 is 17.2 Å². The van der Waals surface area contributed by atoms with Crippen molar-refractivity contribution >= 4 is 25.9 Å². The number of hydrogen-bond donors (Lipinski definition) is 2. The normalized spacial score (nSPS) is 21.9. The van der Waals surface area contributed by atoms with Gasteiger partial charge in [-0.2, -0.15) is 9.78 Å². The fraction of sp³-hybridized carbons (Fsp3) is 0.629. The Morgan fingerprint density at radius 3 is 2.29 bits per heavy atom. The van der Waals surface area contributed by atoms with E-state index in [-0.39, 0.29) is 36.3 Å². The van der Waals surface area contributed by atoms with Crippen molar-refractivity contribution in [3.8, 4) is 0 Å². The van der Waals surface area contributed by atoms with E-state index in [9.17, 15) is 19.2 Å². The van der Waals surface area contributed by atoms with E-state index in [1.165, 1.54) is 9.58 Å². The molecule has 2 aromatic rings. The zero-order chi connectivity index (χ0) is 35.3. The van der Waals surface area contributed by atoms with Crippen LogP contribution in [0.2, 0.25) is 25.7 Å². The summed E-state index contributed by atoms with van der Waals surface area (Å²) < 4.78 is 15.5. The van der Waals surface area contributed by atoms with Gasteiger partial charge in [0, 0.05) is 45.1 Å². The average molecular weight is 696 g/mol. The van der Waals surface area contributed by atoms with Gasteiger partial charge in [-0.15, -0.1) is 0 Å². The minimum absolute atomic E-state index is 0.113. The maximum absolute atomic E-state index is 13.9. The van der Waals surface area contributed by atoms with Crippen molar-refractivity contribution in [3.05, 3.63) is 63.6 Å². The third-order valence-corrected chi connectivity index (χ3v) is 11.6. The molecular weight excluding hydrogens is 643 g/mol. The summed E-state index contributed by atoms with van der Waals surface area (Å²) in [5.41, 5.74) is 11.7. The minimum atomic E-state index is -1.28. The van der Waals surface area contributed by atoms with E-state index in [0.29, 0.717) is 58.5 Å². The number of ether oxygens (including phenoxy) is 2. The monoisotopic (exact) mass is 695 g/mol. The molecule has 3 aliphatic rings. The molecular formula is C35H53N7O6Si. The van der Waals surface area contributed by atoms with Gasteiger partial charge in [0.1, 0.15) is 23.9 Å². The summed E-state index contributed by atoms with van der Waals surface area (Å²) in [7, 11) is -1.28. The molecule has 0 atom stereocenters. The highest BCUT2D eigenvalue weighted by Gasteiger charge is 2.49. The molecule has 1 saturated heterocycles. The molecule has 4 N–H and O–H groups in total. The highest BCUT2D eigenvalue weighted by atomic mass is 28.3. The maximum atomic E-state index is 13.9. The molecule has 1 aromatic carbocycles. The van der Waals surface area contributed by atoms with Gasteiger partial charge >= 0.3 is 11.7 Å². The van der Waals surface area contributed by atoms with Crippen molar-refractivity contribution in [2.75, 3.05) is 19.8 Å². The number of carbonyl (C=O) groups is 3. The number of nitrogens with zero attached hydrogens (tertiary/aromatic N) is 5. The lowest BCUT2D eigenvalue weighted by Gasteiger charge is -2.45. The number of imide groups is 2. The van der Waals surface area contributed by atoms with Crippen LogP contribution in [0, 0.1) is 5.41 Å². The molecule has 5 rings (SSSR count). The zero-order valence-electron chi connectivity index (χ0n) is 29.5. The Kier molecular flexibility index (Phi) is 11.5. The number of carbonyl (C=O) groups excluding carboxylic acids is 3. The van der Waals surface area contributed by atoms with Crippen LogP contribution in [-0.2, 0) is 38.9 Å². The number of amides is 4. The number of unbranched alkanes of at least 4 members (excludes halogenated alkanes) is 1. The number of nitrogens with two attached hydrogens (primary N) is 2. The largest absolute Gasteiger partial charge is 0.385 e. The van der Waals surface area contributed by atoms with Gasteiger partial charge in [0.15, 0.2) is 0 Å². The van der Waals surface area contributed by atoms with Crippen LogP contribution >= 0.6 is 0 Å². The molecule has 4 amide bonds. The Morgan fingerprint density at radius 2 is 1.67 bits per heavy atom. The first-order valence-electron chi connectivity index (χ1n) is 17.7. The van der Waals surface area contributed by atoms with Crippen molar-refractivity contribution in [2.45, 2.75) is 116 Å². The summed E-state index contributed by atoms with van der Waals surface area (Å²) in [6.07, 6.45) is 5.44. The van der Waals surface area contributed by atoms with Crippen molar-refractivity contribution in [1.29, 1.82) is 0 Å². The Labute approximate surface area is 289 Å². The van der Waals surface area contributed by atoms with Crippen LogP contribution in [0.4, 0.5) is 4.79 Å². The van der Waals surface area contributed by atoms with Gasteiger partial charge in [-0.3, -0.25) is 24.0 Å². The van der Waals surface area contributed by atoms with E-state index < -0.39 is 37.4 Å². The number of barbiturate groups is 1. The molecule has 0 spiro atoms. The molecule has 13 nitrogen and oxygen atoms in total. The third-order valence-electron chi connectivity index (χ3n) is 9.85. The van der Waals surface area contributed by atoms with E-state index in [0.717, 1.165) is 41.6 Å². The molecule has 2 heterocycles. The molecule has 268 valence electrons. The van der Waals surface area contributed by atoms with Gasteiger partial charge in [0.25, 0.3) is 11.8 Å². The minimum Gasteiger partial charge on any atom is -0.385 e. The predicted octanol–water partition coefficient (Wildman–Crippen LogP) is 4.10. The molecule has 2 saturated carbocycles. The molecule has 49 heavy (non-hydrogen) atoms. The molecule has 1 aromatic heterocycles. The SMILES string of the molecule is CCCCN1C(=O)C(=C(N)N)C(=O)N(C2CCC(COCc3ccccc3)(Cn3c(C4CC4)nn(COCC[Si](C)(C)C)c3=O)CC2)C1=O. The third kappa shape index (κ3) is 8.71. The first kappa shape index (κ1) is 36.5. The maximum Gasteiger partial charge on any atom is 0.348 e. The van der Waals surface area contributed by atoms with E-state index in [1.54, 1.807) is 0 Å². The molecule has 0 bridgehead atoms. The first-order chi connectivity index (χ1) is 23.3. The second kappa shape index (κ2) is 15.4. The van der Waals surface area contributed by atoms with Gasteiger partial charge in [-0.1, -0.05) is 63.3 Å². The molecule has 0 unspecified atom stereocenters. The topological polar surface area (TPSA) is 168 Å². The first-order valence-corrected chi connectivity index (χ1v) is 21.4. The number of benzene rings is 1. The standard InChI is InChI=1S/C35H53N7O6Si/c1-5-6-18-39-31(43)28(29(36)37)32(44)42(34(39)46)27-14-16-35(17-15-27,23-48-21-25-10-8-7-9-11-25)22-40-30(26-12-13-26)38-41(33(40)45)24-47-19-20-49(2,3)4/h7-11,26-27H,5-6,12-24,36-37H2,1-4H3. The van der Waals surface area contributed by atoms with E-state index in [4.69, 9.17) is 26.0 Å². The Hall–Kier alpha value is -3.75. The summed E-state index contributed by atoms with van der Waals surface area (Å²) in [5, 5.41) is 4.75. The summed E-state index contributed by atoms with van der Waals surface area (Å²) in [4.78, 5) is 56.4. The van der Waals surface area contributed by atoms with Gasteiger partial charge in [0.2, 0.25) is 0 Å². The van der Waals surface area contributed by atoms with E-state index in [1.807, 2.05) is 41.8 Å². The van der Waals surface area contributed by atoms with Crippen molar-refractivity contribution in [3.63, 3.8) is 0 Å². The summed E-state index contributed by atoms with van der Waals surface area (Å²) in [6, 6.07) is 9.84. The molecule has 3 fully saturated rings. The van der Waals surface area contributed by atoms with Crippen LogP contribution in [0.5, 0.6) is 0 Å². The van der Waals surface area contributed by atoms with E-state index >= 15 is 0 Å². The van der Waals surface area contributed by atoms with Crippen LogP contribution in [0.25, 0.3) is 0 Å². The number of aromatic nitrogens is 3. The Morgan fingerprint density at radius 1 is 0.980 bits per heavy atom. The quantitative estimate of drug-likeness (QED) is 0.114. The second-order valence-electron chi connectivity index (χ2n) is 15.2. The molecule has 2 aliphatic carbocycles. The van der Waals surface area contributed by atoms with Crippen LogP contribution in [0.15, 0.2) is 46.5 Å².